The maximum Gasteiger partial charge on any atom is 0.286 e. The number of aromatic nitrogens is 2. The highest BCUT2D eigenvalue weighted by atomic mass is 32.2. The molecular formula is C21H21FN4O5S2. The van der Waals surface area contributed by atoms with Gasteiger partial charge >= 0.3 is 0 Å². The zero-order valence-electron chi connectivity index (χ0n) is 17.8. The van der Waals surface area contributed by atoms with Gasteiger partial charge in [-0.05, 0) is 49.2 Å². The predicted molar refractivity (Wildman–Crippen MR) is 120 cm³/mol. The van der Waals surface area contributed by atoms with Crippen LogP contribution in [0.25, 0.3) is 0 Å². The summed E-state index contributed by atoms with van der Waals surface area (Å²) in [5.41, 5.74) is 0.414. The van der Waals surface area contributed by atoms with E-state index in [0.717, 1.165) is 11.3 Å². The second kappa shape index (κ2) is 9.41. The lowest BCUT2D eigenvalue weighted by Crippen LogP contribution is -2.30. The molecule has 0 saturated carbocycles. The Morgan fingerprint density at radius 2 is 1.85 bits per heavy atom. The van der Waals surface area contributed by atoms with Crippen LogP contribution in [0.5, 0.6) is 11.5 Å². The number of amides is 1. The van der Waals surface area contributed by atoms with Crippen LogP contribution in [0.15, 0.2) is 47.4 Å². The summed E-state index contributed by atoms with van der Waals surface area (Å²) in [7, 11) is -0.945. The average molecular weight is 493 g/mol. The number of halogens is 1. The molecule has 1 aliphatic heterocycles. The van der Waals surface area contributed by atoms with Crippen molar-refractivity contribution in [2.45, 2.75) is 23.8 Å². The Kier molecular flexibility index (Phi) is 6.58. The van der Waals surface area contributed by atoms with Gasteiger partial charge in [0.05, 0.1) is 25.2 Å². The van der Waals surface area contributed by atoms with Crippen LogP contribution in [0, 0.1) is 5.82 Å². The van der Waals surface area contributed by atoms with Crippen molar-refractivity contribution < 1.29 is 27.1 Å². The fourth-order valence-corrected chi connectivity index (χ4v) is 6.20. The second-order valence-corrected chi connectivity index (χ2v) is 10.1. The number of rotatable bonds is 7. The molecule has 3 aromatic rings. The number of carbonyl (C=O) groups excluding carboxylic acids is 1. The number of carbonyl (C=O) groups is 1. The minimum atomic E-state index is -3.86. The van der Waals surface area contributed by atoms with Crippen LogP contribution in [0.2, 0.25) is 0 Å². The zero-order chi connectivity index (χ0) is 23.6. The summed E-state index contributed by atoms with van der Waals surface area (Å²) in [5, 5.41) is 11.2. The molecule has 1 atom stereocenters. The van der Waals surface area contributed by atoms with E-state index in [2.05, 4.69) is 15.5 Å². The normalized spacial score (nSPS) is 16.5. The Bertz CT molecular complexity index is 1260. The van der Waals surface area contributed by atoms with Gasteiger partial charge in [-0.1, -0.05) is 11.3 Å². The van der Waals surface area contributed by atoms with Crippen molar-refractivity contribution >= 4 is 33.0 Å². The fraction of sp³-hybridized carbons (Fsp3) is 0.286. The van der Waals surface area contributed by atoms with E-state index >= 15 is 0 Å². The molecule has 1 aliphatic rings. The molecule has 1 aromatic heterocycles. The maximum atomic E-state index is 13.4. The first kappa shape index (κ1) is 23.1. The fourth-order valence-electron chi connectivity index (χ4n) is 3.57. The molecule has 0 bridgehead atoms. The van der Waals surface area contributed by atoms with Crippen LogP contribution in [0.1, 0.15) is 33.7 Å². The van der Waals surface area contributed by atoms with Gasteiger partial charge in [-0.25, -0.2) is 12.8 Å². The molecule has 1 saturated heterocycles. The molecule has 1 amide bonds. The monoisotopic (exact) mass is 492 g/mol. The smallest absolute Gasteiger partial charge is 0.286 e. The number of sulfonamides is 1. The number of ether oxygens (including phenoxy) is 2. The highest BCUT2D eigenvalue weighted by Crippen LogP contribution is 2.39. The van der Waals surface area contributed by atoms with E-state index in [0.29, 0.717) is 41.6 Å². The molecule has 174 valence electrons. The van der Waals surface area contributed by atoms with Gasteiger partial charge in [-0.15, -0.1) is 10.2 Å². The third-order valence-corrected chi connectivity index (χ3v) is 8.11. The lowest BCUT2D eigenvalue weighted by atomic mass is 10.2. The molecular weight excluding hydrogens is 471 g/mol. The van der Waals surface area contributed by atoms with Crippen LogP contribution < -0.4 is 14.8 Å². The van der Waals surface area contributed by atoms with Crippen LogP contribution in [-0.4, -0.2) is 49.6 Å². The third kappa shape index (κ3) is 4.68. The van der Waals surface area contributed by atoms with Gasteiger partial charge in [0.2, 0.25) is 15.0 Å². The molecule has 0 spiro atoms. The molecule has 1 unspecified atom stereocenters. The van der Waals surface area contributed by atoms with Gasteiger partial charge in [0, 0.05) is 18.3 Å². The topological polar surface area (TPSA) is 111 Å². The van der Waals surface area contributed by atoms with Crippen molar-refractivity contribution in [2.75, 3.05) is 26.1 Å². The minimum Gasteiger partial charge on any atom is -0.493 e. The van der Waals surface area contributed by atoms with Crippen molar-refractivity contribution in [3.8, 4) is 11.5 Å². The summed E-state index contributed by atoms with van der Waals surface area (Å²) in [4.78, 5) is 12.6. The van der Waals surface area contributed by atoms with Crippen LogP contribution in [-0.2, 0) is 10.0 Å². The summed E-state index contributed by atoms with van der Waals surface area (Å²) in [5.74, 6) is -0.179. The van der Waals surface area contributed by atoms with Crippen LogP contribution in [0.3, 0.4) is 0 Å². The number of hydrogen-bond acceptors (Lipinski definition) is 8. The Labute approximate surface area is 194 Å². The van der Waals surface area contributed by atoms with E-state index < -0.39 is 27.8 Å². The van der Waals surface area contributed by atoms with Gasteiger partial charge in [0.25, 0.3) is 5.91 Å². The van der Waals surface area contributed by atoms with Crippen molar-refractivity contribution in [3.05, 3.63) is 58.3 Å². The van der Waals surface area contributed by atoms with Gasteiger partial charge in [-0.2, -0.15) is 4.31 Å². The molecule has 9 nitrogen and oxygen atoms in total. The minimum absolute atomic E-state index is 0.0749. The SMILES string of the molecule is COc1ccc(S(=O)(=O)N2CCCC2c2nnc(C(=O)Nc3ccc(F)cc3)s2)cc1OC. The number of anilines is 1. The van der Waals surface area contributed by atoms with Gasteiger partial charge in [-0.3, -0.25) is 4.79 Å². The van der Waals surface area contributed by atoms with E-state index in [1.54, 1.807) is 6.07 Å². The summed E-state index contributed by atoms with van der Waals surface area (Å²) in [6.45, 7) is 0.317. The van der Waals surface area contributed by atoms with E-state index in [1.165, 1.54) is 54.9 Å². The number of benzene rings is 2. The van der Waals surface area contributed by atoms with Crippen molar-refractivity contribution in [1.29, 1.82) is 0 Å². The Balaban J connectivity index is 1.55. The molecule has 2 heterocycles. The Hall–Kier alpha value is -3.09. The van der Waals surface area contributed by atoms with Crippen LogP contribution in [0.4, 0.5) is 10.1 Å². The summed E-state index contributed by atoms with van der Waals surface area (Å²) in [6, 6.07) is 9.23. The lowest BCUT2D eigenvalue weighted by molar-refractivity contribution is 0.102. The Morgan fingerprint density at radius 1 is 1.12 bits per heavy atom. The van der Waals surface area contributed by atoms with E-state index in [9.17, 15) is 17.6 Å². The molecule has 0 radical (unpaired) electrons. The highest BCUT2D eigenvalue weighted by Gasteiger charge is 2.38. The van der Waals surface area contributed by atoms with Crippen molar-refractivity contribution in [3.63, 3.8) is 0 Å². The van der Waals surface area contributed by atoms with Crippen molar-refractivity contribution in [1.82, 2.24) is 14.5 Å². The molecule has 1 fully saturated rings. The summed E-state index contributed by atoms with van der Waals surface area (Å²) in [6.07, 6.45) is 1.20. The molecule has 33 heavy (non-hydrogen) atoms. The van der Waals surface area contributed by atoms with Gasteiger partial charge < -0.3 is 14.8 Å². The first-order valence-corrected chi connectivity index (χ1v) is 12.2. The first-order valence-electron chi connectivity index (χ1n) is 9.97. The summed E-state index contributed by atoms with van der Waals surface area (Å²) < 4.78 is 51.6. The molecule has 4 rings (SSSR count). The summed E-state index contributed by atoms with van der Waals surface area (Å²) >= 11 is 1.03. The number of nitrogens with zero attached hydrogens (tertiary/aromatic N) is 3. The van der Waals surface area contributed by atoms with E-state index in [4.69, 9.17) is 9.47 Å². The molecule has 1 N–H and O–H groups in total. The van der Waals surface area contributed by atoms with Crippen LogP contribution >= 0.6 is 11.3 Å². The van der Waals surface area contributed by atoms with Gasteiger partial charge in [0.15, 0.2) is 11.5 Å². The standard InChI is InChI=1S/C21H21FN4O5S2/c1-30-17-10-9-15(12-18(17)31-2)33(28,29)26-11-3-4-16(26)20-24-25-21(32-20)19(27)23-14-7-5-13(22)6-8-14/h5-10,12,16H,3-4,11H2,1-2H3,(H,23,27). The average Bonchev–Trinajstić information content (AvgIpc) is 3.50. The molecule has 0 aliphatic carbocycles. The number of methoxy groups -OCH3 is 2. The lowest BCUT2D eigenvalue weighted by Gasteiger charge is -2.22. The van der Waals surface area contributed by atoms with Crippen molar-refractivity contribution in [2.24, 2.45) is 0 Å². The highest BCUT2D eigenvalue weighted by molar-refractivity contribution is 7.89. The largest absolute Gasteiger partial charge is 0.493 e. The quantitative estimate of drug-likeness (QED) is 0.538. The van der Waals surface area contributed by atoms with Gasteiger partial charge in [0.1, 0.15) is 10.8 Å². The maximum absolute atomic E-state index is 13.4. The van der Waals surface area contributed by atoms with E-state index in [1.807, 2.05) is 0 Å². The molecule has 12 heteroatoms. The molecule has 2 aromatic carbocycles. The zero-order valence-corrected chi connectivity index (χ0v) is 19.5. The number of nitrogens with one attached hydrogen (secondary N) is 1. The first-order chi connectivity index (χ1) is 15.8. The number of hydrogen-bond donors (Lipinski definition) is 1. The Morgan fingerprint density at radius 3 is 2.55 bits per heavy atom. The predicted octanol–water partition coefficient (Wildman–Crippen LogP) is 3.47. The van der Waals surface area contributed by atoms with E-state index in [-0.39, 0.29) is 9.90 Å². The third-order valence-electron chi connectivity index (χ3n) is 5.19. The second-order valence-electron chi connectivity index (χ2n) is 7.20.